The van der Waals surface area contributed by atoms with Crippen LogP contribution >= 0.6 is 0 Å². The summed E-state index contributed by atoms with van der Waals surface area (Å²) in [5.74, 6) is 0.554. The van der Waals surface area contributed by atoms with Crippen molar-refractivity contribution in [2.75, 3.05) is 19.6 Å². The van der Waals surface area contributed by atoms with E-state index in [1.54, 1.807) is 17.0 Å². The lowest BCUT2D eigenvalue weighted by Gasteiger charge is -2.18. The van der Waals surface area contributed by atoms with Gasteiger partial charge in [0.15, 0.2) is 0 Å². The maximum absolute atomic E-state index is 11.6. The number of nitrogens with two attached hydrogens (primary N) is 1. The van der Waals surface area contributed by atoms with Gasteiger partial charge in [0.2, 0.25) is 0 Å². The lowest BCUT2D eigenvalue weighted by molar-refractivity contribution is 0.156. The number of hydrogen-bond donors (Lipinski definition) is 1. The Hall–Kier alpha value is -1.55. The standard InChI is InChI=1S/C11H16N2O2/c1-2-13(9-8-12)11(14)15-10-6-4-3-5-7-10/h3-7H,2,8-9,12H2,1H3. The first-order valence-electron chi connectivity index (χ1n) is 4.99. The highest BCUT2D eigenvalue weighted by molar-refractivity contribution is 5.70. The molecule has 1 aromatic rings. The molecule has 0 bridgehead atoms. The van der Waals surface area contributed by atoms with E-state index < -0.39 is 0 Å². The van der Waals surface area contributed by atoms with Crippen molar-refractivity contribution in [2.45, 2.75) is 6.92 Å². The molecule has 0 spiro atoms. The van der Waals surface area contributed by atoms with Crippen LogP contribution in [0.4, 0.5) is 4.79 Å². The third-order valence-electron chi connectivity index (χ3n) is 1.99. The smallest absolute Gasteiger partial charge is 0.410 e. The summed E-state index contributed by atoms with van der Waals surface area (Å²) in [4.78, 5) is 13.1. The predicted octanol–water partition coefficient (Wildman–Crippen LogP) is 1.47. The molecule has 15 heavy (non-hydrogen) atoms. The fourth-order valence-electron chi connectivity index (χ4n) is 1.19. The Labute approximate surface area is 89.6 Å². The zero-order valence-electron chi connectivity index (χ0n) is 8.85. The van der Waals surface area contributed by atoms with Crippen LogP contribution in [0.15, 0.2) is 30.3 Å². The summed E-state index contributed by atoms with van der Waals surface area (Å²) in [6.07, 6.45) is -0.353. The van der Waals surface area contributed by atoms with Gasteiger partial charge < -0.3 is 15.4 Å². The molecule has 1 rings (SSSR count). The zero-order chi connectivity index (χ0) is 11.1. The molecule has 0 fully saturated rings. The molecule has 82 valence electrons. The minimum absolute atomic E-state index is 0.353. The molecule has 0 unspecified atom stereocenters. The highest BCUT2D eigenvalue weighted by Gasteiger charge is 2.12. The van der Waals surface area contributed by atoms with E-state index in [1.165, 1.54) is 0 Å². The van der Waals surface area contributed by atoms with Crippen LogP contribution in [0.1, 0.15) is 6.92 Å². The van der Waals surface area contributed by atoms with Crippen LogP contribution < -0.4 is 10.5 Å². The number of likely N-dealkylation sites (N-methyl/N-ethyl adjacent to an activating group) is 1. The average Bonchev–Trinajstić information content (AvgIpc) is 2.27. The second-order valence-corrected chi connectivity index (χ2v) is 3.05. The van der Waals surface area contributed by atoms with Gasteiger partial charge >= 0.3 is 6.09 Å². The molecule has 0 saturated carbocycles. The summed E-state index contributed by atoms with van der Waals surface area (Å²) < 4.78 is 5.15. The molecule has 4 nitrogen and oxygen atoms in total. The number of ether oxygens (including phenoxy) is 1. The van der Waals surface area contributed by atoms with Crippen molar-refractivity contribution in [2.24, 2.45) is 5.73 Å². The molecule has 0 saturated heterocycles. The van der Waals surface area contributed by atoms with Gasteiger partial charge in [-0.25, -0.2) is 4.79 Å². The summed E-state index contributed by atoms with van der Waals surface area (Å²) in [5.41, 5.74) is 5.39. The maximum atomic E-state index is 11.6. The van der Waals surface area contributed by atoms with Gasteiger partial charge in [0.05, 0.1) is 0 Å². The monoisotopic (exact) mass is 208 g/mol. The van der Waals surface area contributed by atoms with Gasteiger partial charge in [-0.2, -0.15) is 0 Å². The van der Waals surface area contributed by atoms with Gasteiger partial charge in [-0.3, -0.25) is 0 Å². The van der Waals surface area contributed by atoms with Gasteiger partial charge in [-0.1, -0.05) is 18.2 Å². The number of para-hydroxylation sites is 1. The molecule has 0 aliphatic rings. The minimum atomic E-state index is -0.353. The van der Waals surface area contributed by atoms with Crippen LogP contribution in [0.25, 0.3) is 0 Å². The third kappa shape index (κ3) is 3.59. The first kappa shape index (κ1) is 11.5. The van der Waals surface area contributed by atoms with E-state index >= 15 is 0 Å². The highest BCUT2D eigenvalue weighted by Crippen LogP contribution is 2.09. The van der Waals surface area contributed by atoms with Crippen LogP contribution in [0, 0.1) is 0 Å². The Morgan fingerprint density at radius 1 is 1.40 bits per heavy atom. The maximum Gasteiger partial charge on any atom is 0.415 e. The number of nitrogens with zero attached hydrogens (tertiary/aromatic N) is 1. The SMILES string of the molecule is CCN(CCN)C(=O)Oc1ccccc1. The number of benzene rings is 1. The van der Waals surface area contributed by atoms with Crippen LogP contribution in [0.3, 0.4) is 0 Å². The first-order chi connectivity index (χ1) is 7.27. The highest BCUT2D eigenvalue weighted by atomic mass is 16.6. The van der Waals surface area contributed by atoms with Crippen molar-refractivity contribution < 1.29 is 9.53 Å². The second kappa shape index (κ2) is 6.03. The molecular formula is C11H16N2O2. The summed E-state index contributed by atoms with van der Waals surface area (Å²) in [6.45, 7) is 3.45. The Kier molecular flexibility index (Phi) is 4.63. The molecule has 4 heteroatoms. The predicted molar refractivity (Wildman–Crippen MR) is 58.8 cm³/mol. The summed E-state index contributed by atoms with van der Waals surface area (Å²) in [7, 11) is 0. The number of carbonyl (C=O) groups is 1. The van der Waals surface area contributed by atoms with E-state index in [1.807, 2.05) is 25.1 Å². The van der Waals surface area contributed by atoms with Crippen molar-refractivity contribution in [3.8, 4) is 5.75 Å². The lowest BCUT2D eigenvalue weighted by Crippen LogP contribution is -2.37. The van der Waals surface area contributed by atoms with Crippen molar-refractivity contribution >= 4 is 6.09 Å². The lowest BCUT2D eigenvalue weighted by atomic mass is 10.3. The third-order valence-corrected chi connectivity index (χ3v) is 1.99. The molecule has 0 aliphatic carbocycles. The molecule has 0 radical (unpaired) electrons. The van der Waals surface area contributed by atoms with Gasteiger partial charge in [0, 0.05) is 19.6 Å². The first-order valence-corrected chi connectivity index (χ1v) is 4.99. The van der Waals surface area contributed by atoms with E-state index in [0.29, 0.717) is 25.4 Å². The van der Waals surface area contributed by atoms with Gasteiger partial charge in [0.25, 0.3) is 0 Å². The van der Waals surface area contributed by atoms with Crippen LogP contribution in [0.2, 0.25) is 0 Å². The van der Waals surface area contributed by atoms with Crippen LogP contribution in [0.5, 0.6) is 5.75 Å². The Morgan fingerprint density at radius 3 is 2.60 bits per heavy atom. The largest absolute Gasteiger partial charge is 0.415 e. The number of amides is 1. The molecular weight excluding hydrogens is 192 g/mol. The van der Waals surface area contributed by atoms with E-state index in [9.17, 15) is 4.79 Å². The van der Waals surface area contributed by atoms with Crippen molar-refractivity contribution in [3.05, 3.63) is 30.3 Å². The average molecular weight is 208 g/mol. The number of rotatable bonds is 4. The molecule has 0 heterocycles. The molecule has 1 aromatic carbocycles. The van der Waals surface area contributed by atoms with E-state index in [-0.39, 0.29) is 6.09 Å². The van der Waals surface area contributed by atoms with Crippen LogP contribution in [-0.2, 0) is 0 Å². The Bertz CT molecular complexity index is 301. The molecule has 0 aromatic heterocycles. The fourth-order valence-corrected chi connectivity index (χ4v) is 1.19. The molecule has 2 N–H and O–H groups in total. The summed E-state index contributed by atoms with van der Waals surface area (Å²) >= 11 is 0. The molecule has 0 aliphatic heterocycles. The van der Waals surface area contributed by atoms with Gasteiger partial charge in [0.1, 0.15) is 5.75 Å². The molecule has 1 amide bonds. The summed E-state index contributed by atoms with van der Waals surface area (Å²) in [5, 5.41) is 0. The summed E-state index contributed by atoms with van der Waals surface area (Å²) in [6, 6.07) is 9.00. The normalized spacial score (nSPS) is 9.73. The fraction of sp³-hybridized carbons (Fsp3) is 0.364. The van der Waals surface area contributed by atoms with Gasteiger partial charge in [-0.05, 0) is 19.1 Å². The van der Waals surface area contributed by atoms with Gasteiger partial charge in [-0.15, -0.1) is 0 Å². The Morgan fingerprint density at radius 2 is 2.07 bits per heavy atom. The van der Waals surface area contributed by atoms with E-state index in [2.05, 4.69) is 0 Å². The quantitative estimate of drug-likeness (QED) is 0.815. The van der Waals surface area contributed by atoms with Crippen LogP contribution in [-0.4, -0.2) is 30.6 Å². The van der Waals surface area contributed by atoms with E-state index in [4.69, 9.17) is 10.5 Å². The minimum Gasteiger partial charge on any atom is -0.410 e. The molecule has 0 atom stereocenters. The van der Waals surface area contributed by atoms with Crippen molar-refractivity contribution in [1.82, 2.24) is 4.90 Å². The number of hydrogen-bond acceptors (Lipinski definition) is 3. The Balaban J connectivity index is 2.54. The number of carbonyl (C=O) groups excluding carboxylic acids is 1. The zero-order valence-corrected chi connectivity index (χ0v) is 8.85. The van der Waals surface area contributed by atoms with Crippen molar-refractivity contribution in [1.29, 1.82) is 0 Å². The topological polar surface area (TPSA) is 55.6 Å². The van der Waals surface area contributed by atoms with Crippen molar-refractivity contribution in [3.63, 3.8) is 0 Å². The second-order valence-electron chi connectivity index (χ2n) is 3.05. The van der Waals surface area contributed by atoms with E-state index in [0.717, 1.165) is 0 Å².